The Balaban J connectivity index is 0.00000225. The van der Waals surface area contributed by atoms with Gasteiger partial charge in [-0.25, -0.2) is 0 Å². The highest BCUT2D eigenvalue weighted by molar-refractivity contribution is 7.96. The SMILES string of the molecule is [Cl-].c1ccc([P+](c2ccccc2)(c2ccccc2)C2CCCCCCC2)cc1. The van der Waals surface area contributed by atoms with Crippen LogP contribution in [0.4, 0.5) is 0 Å². The molecule has 0 N–H and O–H groups in total. The minimum atomic E-state index is -1.68. The topological polar surface area (TPSA) is 0 Å². The minimum Gasteiger partial charge on any atom is -1.00 e. The number of benzene rings is 3. The quantitative estimate of drug-likeness (QED) is 0.582. The summed E-state index contributed by atoms with van der Waals surface area (Å²) in [5.74, 6) is 0. The van der Waals surface area contributed by atoms with E-state index in [2.05, 4.69) is 91.0 Å². The second-order valence-electron chi connectivity index (χ2n) is 7.73. The van der Waals surface area contributed by atoms with Crippen LogP contribution in [0, 0.1) is 0 Å². The summed E-state index contributed by atoms with van der Waals surface area (Å²) in [5, 5.41) is 4.65. The Morgan fingerprint density at radius 3 is 1.14 bits per heavy atom. The average molecular weight is 409 g/mol. The van der Waals surface area contributed by atoms with Gasteiger partial charge in [-0.05, 0) is 62.1 Å². The van der Waals surface area contributed by atoms with Gasteiger partial charge in [0.2, 0.25) is 0 Å². The molecule has 0 unspecified atom stereocenters. The van der Waals surface area contributed by atoms with Gasteiger partial charge in [0.1, 0.15) is 23.2 Å². The normalized spacial score (nSPS) is 15.9. The van der Waals surface area contributed by atoms with Crippen molar-refractivity contribution in [1.82, 2.24) is 0 Å². The van der Waals surface area contributed by atoms with E-state index in [4.69, 9.17) is 0 Å². The monoisotopic (exact) mass is 408 g/mol. The summed E-state index contributed by atoms with van der Waals surface area (Å²) in [6.07, 6.45) is 9.67. The van der Waals surface area contributed by atoms with E-state index in [0.717, 1.165) is 5.66 Å². The Bertz CT molecular complexity index is 712. The van der Waals surface area contributed by atoms with E-state index >= 15 is 0 Å². The predicted molar refractivity (Wildman–Crippen MR) is 121 cm³/mol. The van der Waals surface area contributed by atoms with Crippen LogP contribution in [0.15, 0.2) is 91.0 Å². The van der Waals surface area contributed by atoms with Crippen LogP contribution in [0.5, 0.6) is 0 Å². The van der Waals surface area contributed by atoms with Gasteiger partial charge in [-0.2, -0.15) is 0 Å². The third-order valence-electron chi connectivity index (χ3n) is 6.11. The van der Waals surface area contributed by atoms with Gasteiger partial charge in [0.15, 0.2) is 0 Å². The van der Waals surface area contributed by atoms with Gasteiger partial charge in [-0.15, -0.1) is 0 Å². The van der Waals surface area contributed by atoms with Crippen molar-refractivity contribution in [2.45, 2.75) is 50.6 Å². The molecule has 0 saturated heterocycles. The molecule has 0 nitrogen and oxygen atoms in total. The van der Waals surface area contributed by atoms with E-state index in [1.54, 1.807) is 15.9 Å². The van der Waals surface area contributed by atoms with Crippen molar-refractivity contribution < 1.29 is 12.4 Å². The molecule has 0 aliphatic heterocycles. The molecule has 0 bridgehead atoms. The second-order valence-corrected chi connectivity index (χ2v) is 11.5. The van der Waals surface area contributed by atoms with Crippen LogP contribution in [0.25, 0.3) is 0 Å². The maximum absolute atomic E-state index is 2.40. The molecule has 4 rings (SSSR count). The van der Waals surface area contributed by atoms with Crippen molar-refractivity contribution in [3.05, 3.63) is 91.0 Å². The van der Waals surface area contributed by atoms with Crippen molar-refractivity contribution in [3.8, 4) is 0 Å². The molecule has 0 aromatic heterocycles. The third-order valence-corrected chi connectivity index (χ3v) is 11.1. The second kappa shape index (κ2) is 10.2. The summed E-state index contributed by atoms with van der Waals surface area (Å²) in [5.41, 5.74) is 0.741. The van der Waals surface area contributed by atoms with E-state index in [-0.39, 0.29) is 12.4 Å². The highest BCUT2D eigenvalue weighted by atomic mass is 35.5. The lowest BCUT2D eigenvalue weighted by atomic mass is 10.0. The van der Waals surface area contributed by atoms with E-state index < -0.39 is 7.26 Å². The fourth-order valence-corrected chi connectivity index (χ4v) is 10.1. The number of hydrogen-bond acceptors (Lipinski definition) is 0. The van der Waals surface area contributed by atoms with Crippen molar-refractivity contribution in [2.75, 3.05) is 0 Å². The lowest BCUT2D eigenvalue weighted by Crippen LogP contribution is -3.00. The van der Waals surface area contributed by atoms with Gasteiger partial charge in [-0.3, -0.25) is 0 Å². The van der Waals surface area contributed by atoms with Gasteiger partial charge in [0.05, 0.1) is 5.66 Å². The van der Waals surface area contributed by atoms with Crippen molar-refractivity contribution in [1.29, 1.82) is 0 Å². The summed E-state index contributed by atoms with van der Waals surface area (Å²) >= 11 is 0. The van der Waals surface area contributed by atoms with Crippen molar-refractivity contribution >= 4 is 23.2 Å². The van der Waals surface area contributed by atoms with Gasteiger partial charge < -0.3 is 12.4 Å². The van der Waals surface area contributed by atoms with Crippen molar-refractivity contribution in [2.24, 2.45) is 0 Å². The maximum atomic E-state index is 2.40. The molecule has 1 aliphatic carbocycles. The van der Waals surface area contributed by atoms with E-state index in [1.807, 2.05) is 0 Å². The summed E-state index contributed by atoms with van der Waals surface area (Å²) < 4.78 is 0. The van der Waals surface area contributed by atoms with Crippen LogP contribution in [0.2, 0.25) is 0 Å². The smallest absolute Gasteiger partial charge is 0.115 e. The molecule has 1 saturated carbocycles. The fraction of sp³-hybridized carbons (Fsp3) is 0.308. The zero-order valence-electron chi connectivity index (χ0n) is 16.5. The van der Waals surface area contributed by atoms with Gasteiger partial charge >= 0.3 is 0 Å². The molecule has 0 heterocycles. The summed E-state index contributed by atoms with van der Waals surface area (Å²) in [7, 11) is -1.68. The molecular weight excluding hydrogens is 379 g/mol. The standard InChI is InChI=1S/C26H30P.ClH/c1-2-7-15-23(16-8-3-1)27(24-17-9-4-10-18-24,25-19-11-5-12-20-25)26-21-13-6-14-22-26;/h4-6,9-14,17-23H,1-3,7-8,15-16H2;1H/q+1;/p-1. The van der Waals surface area contributed by atoms with E-state index in [0.29, 0.717) is 0 Å². The maximum Gasteiger partial charge on any atom is 0.115 e. The first kappa shape index (κ1) is 21.1. The fourth-order valence-electron chi connectivity index (χ4n) is 4.89. The molecule has 1 fully saturated rings. The van der Waals surface area contributed by atoms with Crippen LogP contribution >= 0.6 is 7.26 Å². The van der Waals surface area contributed by atoms with Crippen LogP contribution in [-0.2, 0) is 0 Å². The number of rotatable bonds is 4. The Kier molecular flexibility index (Phi) is 7.72. The van der Waals surface area contributed by atoms with Crippen molar-refractivity contribution in [3.63, 3.8) is 0 Å². The molecule has 0 radical (unpaired) electrons. The number of halogens is 1. The lowest BCUT2D eigenvalue weighted by molar-refractivity contribution is -0.00000531. The molecule has 3 aromatic rings. The first-order valence-corrected chi connectivity index (χ1v) is 12.3. The first-order chi connectivity index (χ1) is 13.4. The summed E-state index contributed by atoms with van der Waals surface area (Å²) in [6, 6.07) is 34.3. The van der Waals surface area contributed by atoms with Gasteiger partial charge in [0.25, 0.3) is 0 Å². The molecule has 0 atom stereocenters. The van der Waals surface area contributed by atoms with Crippen LogP contribution in [-0.4, -0.2) is 5.66 Å². The molecule has 2 heteroatoms. The highest BCUT2D eigenvalue weighted by Crippen LogP contribution is 2.62. The molecule has 0 amide bonds. The van der Waals surface area contributed by atoms with Gasteiger partial charge in [0, 0.05) is 0 Å². The summed E-state index contributed by atoms with van der Waals surface area (Å²) in [4.78, 5) is 0. The Hall–Kier alpha value is -1.62. The van der Waals surface area contributed by atoms with E-state index in [1.165, 1.54) is 44.9 Å². The molecule has 0 spiro atoms. The molecule has 28 heavy (non-hydrogen) atoms. The minimum absolute atomic E-state index is 0. The molecule has 146 valence electrons. The first-order valence-electron chi connectivity index (χ1n) is 10.5. The van der Waals surface area contributed by atoms with Crippen LogP contribution in [0.1, 0.15) is 44.9 Å². The van der Waals surface area contributed by atoms with Crippen LogP contribution in [0.3, 0.4) is 0 Å². The Morgan fingerprint density at radius 1 is 0.464 bits per heavy atom. The van der Waals surface area contributed by atoms with Gasteiger partial charge in [-0.1, -0.05) is 73.9 Å². The van der Waals surface area contributed by atoms with E-state index in [9.17, 15) is 0 Å². The summed E-state index contributed by atoms with van der Waals surface area (Å²) in [6.45, 7) is 0. The molecule has 3 aromatic carbocycles. The average Bonchev–Trinajstić information content (AvgIpc) is 2.72. The highest BCUT2D eigenvalue weighted by Gasteiger charge is 2.51. The third kappa shape index (κ3) is 4.19. The number of hydrogen-bond donors (Lipinski definition) is 0. The Labute approximate surface area is 177 Å². The zero-order valence-corrected chi connectivity index (χ0v) is 18.2. The lowest BCUT2D eigenvalue weighted by Gasteiger charge is -2.35. The largest absolute Gasteiger partial charge is 1.00 e. The predicted octanol–water partition coefficient (Wildman–Crippen LogP) is 3.10. The Morgan fingerprint density at radius 2 is 0.786 bits per heavy atom. The molecule has 1 aliphatic rings. The van der Waals surface area contributed by atoms with Crippen LogP contribution < -0.4 is 28.3 Å². The zero-order chi connectivity index (χ0) is 18.4. The molecular formula is C26H30ClP.